The van der Waals surface area contributed by atoms with Crippen LogP contribution in [0.5, 0.6) is 0 Å². The van der Waals surface area contributed by atoms with E-state index in [0.717, 1.165) is 5.56 Å². The van der Waals surface area contributed by atoms with Crippen LogP contribution < -0.4 is 0 Å². The molecule has 0 aliphatic carbocycles. The maximum absolute atomic E-state index is 12.3. The lowest BCUT2D eigenvalue weighted by atomic mass is 10.0. The van der Waals surface area contributed by atoms with E-state index in [1.165, 1.54) is 6.92 Å². The summed E-state index contributed by atoms with van der Waals surface area (Å²) >= 11 is 0. The number of hydrogen-bond acceptors (Lipinski definition) is 2. The van der Waals surface area contributed by atoms with Crippen molar-refractivity contribution in [1.29, 1.82) is 5.26 Å². The molecule has 19 heavy (non-hydrogen) atoms. The molecule has 0 saturated heterocycles. The zero-order valence-corrected chi connectivity index (χ0v) is 11.4. The van der Waals surface area contributed by atoms with Crippen molar-refractivity contribution in [3.05, 3.63) is 29.8 Å². The van der Waals surface area contributed by atoms with Gasteiger partial charge >= 0.3 is 6.18 Å². The molecule has 0 aliphatic heterocycles. The summed E-state index contributed by atoms with van der Waals surface area (Å²) < 4.78 is 49.1. The smallest absolute Gasteiger partial charge is 0.253 e. The summed E-state index contributed by atoms with van der Waals surface area (Å²) in [6.45, 7) is 3.15. The molecule has 1 unspecified atom stereocenters. The van der Waals surface area contributed by atoms with Crippen LogP contribution in [-0.2, 0) is 10.8 Å². The Morgan fingerprint density at radius 3 is 2.26 bits per heavy atom. The van der Waals surface area contributed by atoms with Crippen LogP contribution in [0.15, 0.2) is 29.2 Å². The largest absolute Gasteiger partial charge is 0.389 e. The fourth-order valence-corrected chi connectivity index (χ4v) is 2.99. The van der Waals surface area contributed by atoms with Gasteiger partial charge in [-0.25, -0.2) is 0 Å². The molecule has 0 saturated carbocycles. The van der Waals surface area contributed by atoms with E-state index in [-0.39, 0.29) is 0 Å². The molecule has 2 nitrogen and oxygen atoms in total. The molecule has 3 atom stereocenters. The maximum Gasteiger partial charge on any atom is 0.389 e. The van der Waals surface area contributed by atoms with E-state index in [1.54, 1.807) is 30.3 Å². The Balaban J connectivity index is 2.89. The van der Waals surface area contributed by atoms with E-state index >= 15 is 0 Å². The van der Waals surface area contributed by atoms with E-state index in [4.69, 9.17) is 5.26 Å². The standard InChI is InChI=1S/C13H14F3NOS/c1-9-3-5-11(6-4-9)19(18)12(8-17)10(2)7-13(14,15)16/h3-6,10,12H,7H2,1-2H3/t10-,12-,19?/m1/s1. The van der Waals surface area contributed by atoms with Crippen molar-refractivity contribution in [2.24, 2.45) is 5.92 Å². The van der Waals surface area contributed by atoms with Gasteiger partial charge in [-0.15, -0.1) is 0 Å². The molecule has 1 aromatic rings. The number of nitrogens with zero attached hydrogens (tertiary/aromatic N) is 1. The van der Waals surface area contributed by atoms with E-state index < -0.39 is 34.6 Å². The van der Waals surface area contributed by atoms with Crippen LogP contribution in [0.2, 0.25) is 0 Å². The molecule has 104 valence electrons. The molecular weight excluding hydrogens is 275 g/mol. The Kier molecular flexibility index (Phi) is 5.12. The van der Waals surface area contributed by atoms with Crippen LogP contribution in [0.25, 0.3) is 0 Å². The highest BCUT2D eigenvalue weighted by Gasteiger charge is 2.35. The third kappa shape index (κ3) is 4.67. The van der Waals surface area contributed by atoms with Gasteiger partial charge in [-0.2, -0.15) is 18.4 Å². The van der Waals surface area contributed by atoms with Crippen LogP contribution in [0.1, 0.15) is 18.9 Å². The van der Waals surface area contributed by atoms with Gasteiger partial charge < -0.3 is 0 Å². The van der Waals surface area contributed by atoms with Gasteiger partial charge in [0.2, 0.25) is 0 Å². The fourth-order valence-electron chi connectivity index (χ4n) is 1.68. The third-order valence-electron chi connectivity index (χ3n) is 2.68. The summed E-state index contributed by atoms with van der Waals surface area (Å²) in [4.78, 5) is 0.381. The van der Waals surface area contributed by atoms with Gasteiger partial charge in [0.15, 0.2) is 0 Å². The second-order valence-electron chi connectivity index (χ2n) is 4.46. The van der Waals surface area contributed by atoms with Crippen LogP contribution in [-0.4, -0.2) is 15.6 Å². The highest BCUT2D eigenvalue weighted by atomic mass is 32.2. The Morgan fingerprint density at radius 2 is 1.84 bits per heavy atom. The summed E-state index contributed by atoms with van der Waals surface area (Å²) in [6, 6.07) is 8.33. The summed E-state index contributed by atoms with van der Waals surface area (Å²) in [5, 5.41) is 7.81. The first-order valence-electron chi connectivity index (χ1n) is 5.68. The first-order valence-corrected chi connectivity index (χ1v) is 6.89. The minimum absolute atomic E-state index is 0.381. The zero-order chi connectivity index (χ0) is 14.6. The van der Waals surface area contributed by atoms with Crippen LogP contribution in [0.4, 0.5) is 13.2 Å². The van der Waals surface area contributed by atoms with Gasteiger partial charge in [-0.1, -0.05) is 24.6 Å². The molecule has 0 heterocycles. The maximum atomic E-state index is 12.3. The first-order chi connectivity index (χ1) is 8.74. The average Bonchev–Trinajstić information content (AvgIpc) is 2.28. The molecule has 0 aliphatic rings. The van der Waals surface area contributed by atoms with Gasteiger partial charge in [0.05, 0.1) is 16.9 Å². The second-order valence-corrected chi connectivity index (χ2v) is 6.03. The van der Waals surface area contributed by atoms with Crippen molar-refractivity contribution in [2.75, 3.05) is 0 Å². The lowest BCUT2D eigenvalue weighted by Crippen LogP contribution is -2.26. The molecule has 0 radical (unpaired) electrons. The average molecular weight is 289 g/mol. The SMILES string of the molecule is Cc1ccc(S(=O)[C@H](C#N)[C@H](C)CC(F)(F)F)cc1. The molecule has 0 N–H and O–H groups in total. The molecule has 0 fully saturated rings. The van der Waals surface area contributed by atoms with Gasteiger partial charge in [-0.3, -0.25) is 4.21 Å². The number of halogens is 3. The zero-order valence-electron chi connectivity index (χ0n) is 10.6. The predicted molar refractivity (Wildman–Crippen MR) is 66.8 cm³/mol. The Labute approximate surface area is 112 Å². The third-order valence-corrected chi connectivity index (χ3v) is 4.45. The van der Waals surface area contributed by atoms with E-state index in [0.29, 0.717) is 4.90 Å². The fraction of sp³-hybridized carbons (Fsp3) is 0.462. The normalized spacial score (nSPS) is 16.4. The lowest BCUT2D eigenvalue weighted by molar-refractivity contribution is -0.142. The van der Waals surface area contributed by atoms with Gasteiger partial charge in [0, 0.05) is 11.3 Å². The summed E-state index contributed by atoms with van der Waals surface area (Å²) in [5.41, 5.74) is 0.956. The van der Waals surface area contributed by atoms with Crippen molar-refractivity contribution < 1.29 is 17.4 Å². The number of benzene rings is 1. The molecule has 0 spiro atoms. The number of alkyl halides is 3. The van der Waals surface area contributed by atoms with E-state index in [1.807, 2.05) is 6.92 Å². The molecule has 0 amide bonds. The van der Waals surface area contributed by atoms with Crippen LogP contribution in [0.3, 0.4) is 0 Å². The Morgan fingerprint density at radius 1 is 1.32 bits per heavy atom. The minimum atomic E-state index is -4.36. The minimum Gasteiger partial charge on any atom is -0.253 e. The lowest BCUT2D eigenvalue weighted by Gasteiger charge is -2.18. The molecule has 6 heteroatoms. The first kappa shape index (κ1) is 15.7. The summed E-state index contributed by atoms with van der Waals surface area (Å²) in [5.74, 6) is -1.01. The Hall–Kier alpha value is -1.35. The van der Waals surface area contributed by atoms with Crippen molar-refractivity contribution in [3.63, 3.8) is 0 Å². The van der Waals surface area contributed by atoms with E-state index in [9.17, 15) is 17.4 Å². The monoisotopic (exact) mass is 289 g/mol. The van der Waals surface area contributed by atoms with Crippen molar-refractivity contribution in [2.45, 2.75) is 36.6 Å². The molecule has 0 aromatic heterocycles. The van der Waals surface area contributed by atoms with Gasteiger partial charge in [-0.05, 0) is 25.0 Å². The van der Waals surface area contributed by atoms with Crippen molar-refractivity contribution >= 4 is 10.8 Å². The van der Waals surface area contributed by atoms with Crippen LogP contribution in [0, 0.1) is 24.2 Å². The molecule has 0 bridgehead atoms. The number of rotatable bonds is 4. The molecule has 1 aromatic carbocycles. The quantitative estimate of drug-likeness (QED) is 0.850. The summed E-state index contributed by atoms with van der Waals surface area (Å²) in [6.07, 6.45) is -5.46. The second kappa shape index (κ2) is 6.20. The molecular formula is C13H14F3NOS. The van der Waals surface area contributed by atoms with Gasteiger partial charge in [0.25, 0.3) is 0 Å². The van der Waals surface area contributed by atoms with Crippen molar-refractivity contribution in [3.8, 4) is 6.07 Å². The van der Waals surface area contributed by atoms with Crippen LogP contribution >= 0.6 is 0 Å². The highest BCUT2D eigenvalue weighted by Crippen LogP contribution is 2.29. The van der Waals surface area contributed by atoms with Gasteiger partial charge in [0.1, 0.15) is 5.25 Å². The number of nitriles is 1. The van der Waals surface area contributed by atoms with Crippen molar-refractivity contribution in [1.82, 2.24) is 0 Å². The molecule has 1 rings (SSSR count). The van der Waals surface area contributed by atoms with E-state index in [2.05, 4.69) is 0 Å². The number of hydrogen-bond donors (Lipinski definition) is 0. The summed E-state index contributed by atoms with van der Waals surface area (Å²) in [7, 11) is -1.76. The Bertz CT molecular complexity index is 490. The highest BCUT2D eigenvalue weighted by molar-refractivity contribution is 7.86. The predicted octanol–water partition coefficient (Wildman–Crippen LogP) is 3.58. The number of aryl methyl sites for hydroxylation is 1. The topological polar surface area (TPSA) is 40.9 Å².